The third-order valence-electron chi connectivity index (χ3n) is 3.97. The molecule has 1 aromatic carbocycles. The van der Waals surface area contributed by atoms with E-state index < -0.39 is 6.10 Å². The van der Waals surface area contributed by atoms with Crippen molar-refractivity contribution in [3.63, 3.8) is 0 Å². The molecule has 0 aliphatic carbocycles. The van der Waals surface area contributed by atoms with Gasteiger partial charge in [-0.3, -0.25) is 0 Å². The minimum Gasteiger partial charge on any atom is -0.389 e. The maximum atomic E-state index is 13.7. The first-order chi connectivity index (χ1) is 8.55. The van der Waals surface area contributed by atoms with Gasteiger partial charge in [0.1, 0.15) is 5.82 Å². The third kappa shape index (κ3) is 3.47. The Balaban J connectivity index is 3.29. The lowest BCUT2D eigenvalue weighted by atomic mass is 9.86. The molecule has 0 aromatic heterocycles. The van der Waals surface area contributed by atoms with Gasteiger partial charge in [0.15, 0.2) is 0 Å². The van der Waals surface area contributed by atoms with Crippen LogP contribution < -0.4 is 4.90 Å². The van der Waals surface area contributed by atoms with Crippen LogP contribution in [0.25, 0.3) is 0 Å². The number of hydrogen-bond acceptors (Lipinski definition) is 2. The molecule has 1 N–H and O–H groups in total. The van der Waals surface area contributed by atoms with Crippen LogP contribution in [0, 0.1) is 18.2 Å². The number of aliphatic hydroxyl groups is 1. The molecule has 108 valence electrons. The zero-order chi connectivity index (χ0) is 15.0. The van der Waals surface area contributed by atoms with Gasteiger partial charge >= 0.3 is 0 Å². The summed E-state index contributed by atoms with van der Waals surface area (Å²) in [4.78, 5) is 2.12. The Morgan fingerprint density at radius 2 is 1.74 bits per heavy atom. The standard InChI is InChI=1S/C16H26FNO/c1-10-8-15(13(11(2)19)9-14(10)17)18(7)12(3)16(4,5)6/h8-9,11-12,19H,1-7H3. The lowest BCUT2D eigenvalue weighted by Gasteiger charge is -2.38. The van der Waals surface area contributed by atoms with Crippen molar-refractivity contribution in [3.05, 3.63) is 29.1 Å². The van der Waals surface area contributed by atoms with Crippen LogP contribution in [-0.2, 0) is 0 Å². The van der Waals surface area contributed by atoms with E-state index in [4.69, 9.17) is 0 Å². The predicted octanol–water partition coefficient (Wildman–Crippen LogP) is 4.06. The van der Waals surface area contributed by atoms with Gasteiger partial charge in [0.2, 0.25) is 0 Å². The smallest absolute Gasteiger partial charge is 0.126 e. The maximum absolute atomic E-state index is 13.7. The summed E-state index contributed by atoms with van der Waals surface area (Å²) in [5, 5.41) is 9.86. The monoisotopic (exact) mass is 267 g/mol. The molecule has 2 nitrogen and oxygen atoms in total. The third-order valence-corrected chi connectivity index (χ3v) is 3.97. The van der Waals surface area contributed by atoms with Crippen molar-refractivity contribution < 1.29 is 9.50 Å². The molecule has 19 heavy (non-hydrogen) atoms. The molecule has 0 heterocycles. The van der Waals surface area contributed by atoms with Crippen LogP contribution in [0.4, 0.5) is 10.1 Å². The molecule has 1 aromatic rings. The number of halogens is 1. The summed E-state index contributed by atoms with van der Waals surface area (Å²) >= 11 is 0. The van der Waals surface area contributed by atoms with E-state index in [1.165, 1.54) is 6.07 Å². The second kappa shape index (κ2) is 5.49. The molecule has 3 heteroatoms. The van der Waals surface area contributed by atoms with Crippen molar-refractivity contribution >= 4 is 5.69 Å². The summed E-state index contributed by atoms with van der Waals surface area (Å²) < 4.78 is 13.7. The van der Waals surface area contributed by atoms with Crippen LogP contribution in [0.1, 0.15) is 51.8 Å². The Bertz CT molecular complexity index is 449. The molecule has 0 fully saturated rings. The van der Waals surface area contributed by atoms with Crippen LogP contribution >= 0.6 is 0 Å². The second-order valence-corrected chi connectivity index (χ2v) is 6.49. The van der Waals surface area contributed by atoms with Crippen LogP contribution in [0.15, 0.2) is 12.1 Å². The Morgan fingerprint density at radius 3 is 2.16 bits per heavy atom. The summed E-state index contributed by atoms with van der Waals surface area (Å²) in [7, 11) is 1.99. The number of hydrogen-bond donors (Lipinski definition) is 1. The topological polar surface area (TPSA) is 23.5 Å². The minimum atomic E-state index is -0.681. The van der Waals surface area contributed by atoms with Gasteiger partial charge in [0, 0.05) is 24.3 Å². The lowest BCUT2D eigenvalue weighted by Crippen LogP contribution is -2.40. The molecular weight excluding hydrogens is 241 g/mol. The summed E-state index contributed by atoms with van der Waals surface area (Å²) in [6.45, 7) is 12.1. The van der Waals surface area contributed by atoms with Gasteiger partial charge < -0.3 is 10.0 Å². The number of benzene rings is 1. The fraction of sp³-hybridized carbons (Fsp3) is 0.625. The van der Waals surface area contributed by atoms with Gasteiger partial charge in [-0.25, -0.2) is 4.39 Å². The highest BCUT2D eigenvalue weighted by Crippen LogP contribution is 2.33. The molecule has 2 atom stereocenters. The highest BCUT2D eigenvalue weighted by Gasteiger charge is 2.26. The minimum absolute atomic E-state index is 0.104. The van der Waals surface area contributed by atoms with E-state index in [9.17, 15) is 9.50 Å². The fourth-order valence-corrected chi connectivity index (χ4v) is 2.11. The van der Waals surface area contributed by atoms with Gasteiger partial charge in [-0.15, -0.1) is 0 Å². The Labute approximate surface area is 116 Å². The largest absolute Gasteiger partial charge is 0.389 e. The van der Waals surface area contributed by atoms with Gasteiger partial charge in [-0.05, 0) is 43.9 Å². The number of aliphatic hydroxyl groups excluding tert-OH is 1. The number of aryl methyl sites for hydroxylation is 1. The molecule has 0 amide bonds. The van der Waals surface area contributed by atoms with Crippen LogP contribution in [-0.4, -0.2) is 18.2 Å². The lowest BCUT2D eigenvalue weighted by molar-refractivity contribution is 0.198. The van der Waals surface area contributed by atoms with E-state index in [2.05, 4.69) is 32.6 Å². The highest BCUT2D eigenvalue weighted by molar-refractivity contribution is 5.57. The first-order valence-electron chi connectivity index (χ1n) is 6.76. The average Bonchev–Trinajstić information content (AvgIpc) is 2.28. The SMILES string of the molecule is Cc1cc(N(C)C(C)C(C)(C)C)c(C(C)O)cc1F. The fourth-order valence-electron chi connectivity index (χ4n) is 2.11. The van der Waals surface area contributed by atoms with Crippen molar-refractivity contribution in [2.45, 2.75) is 53.7 Å². The van der Waals surface area contributed by atoms with E-state index in [1.807, 2.05) is 13.1 Å². The van der Waals surface area contributed by atoms with E-state index in [1.54, 1.807) is 13.8 Å². The van der Waals surface area contributed by atoms with Crippen molar-refractivity contribution in [2.75, 3.05) is 11.9 Å². The summed E-state index contributed by atoms with van der Waals surface area (Å²) in [6, 6.07) is 3.54. The number of anilines is 1. The summed E-state index contributed by atoms with van der Waals surface area (Å²) in [5.41, 5.74) is 2.25. The number of rotatable bonds is 3. The van der Waals surface area contributed by atoms with Crippen molar-refractivity contribution in [1.29, 1.82) is 0 Å². The quantitative estimate of drug-likeness (QED) is 0.892. The van der Waals surface area contributed by atoms with E-state index in [-0.39, 0.29) is 17.3 Å². The van der Waals surface area contributed by atoms with Crippen LogP contribution in [0.3, 0.4) is 0 Å². The Kier molecular flexibility index (Phi) is 4.62. The van der Waals surface area contributed by atoms with Gasteiger partial charge in [0.05, 0.1) is 6.10 Å². The van der Waals surface area contributed by atoms with Crippen LogP contribution in [0.5, 0.6) is 0 Å². The van der Waals surface area contributed by atoms with Gasteiger partial charge in [0.25, 0.3) is 0 Å². The average molecular weight is 267 g/mol. The molecule has 0 bridgehead atoms. The Hall–Kier alpha value is -1.09. The summed E-state index contributed by atoms with van der Waals surface area (Å²) in [5.74, 6) is -0.267. The Morgan fingerprint density at radius 1 is 1.21 bits per heavy atom. The first kappa shape index (κ1) is 16.0. The molecule has 0 spiro atoms. The molecule has 1 rings (SSSR count). The van der Waals surface area contributed by atoms with Gasteiger partial charge in [-0.2, -0.15) is 0 Å². The van der Waals surface area contributed by atoms with Crippen molar-refractivity contribution in [1.82, 2.24) is 0 Å². The highest BCUT2D eigenvalue weighted by atomic mass is 19.1. The maximum Gasteiger partial charge on any atom is 0.126 e. The zero-order valence-electron chi connectivity index (χ0n) is 13.1. The van der Waals surface area contributed by atoms with Gasteiger partial charge in [-0.1, -0.05) is 20.8 Å². The van der Waals surface area contributed by atoms with Crippen molar-refractivity contribution in [2.24, 2.45) is 5.41 Å². The second-order valence-electron chi connectivity index (χ2n) is 6.49. The molecule has 0 saturated carbocycles. The van der Waals surface area contributed by atoms with E-state index in [0.717, 1.165) is 5.69 Å². The zero-order valence-corrected chi connectivity index (χ0v) is 13.1. The molecule has 0 saturated heterocycles. The number of nitrogens with zero attached hydrogens (tertiary/aromatic N) is 1. The molecule has 0 radical (unpaired) electrons. The summed E-state index contributed by atoms with van der Waals surface area (Å²) in [6.07, 6.45) is -0.681. The van der Waals surface area contributed by atoms with Crippen molar-refractivity contribution in [3.8, 4) is 0 Å². The normalized spacial score (nSPS) is 15.2. The predicted molar refractivity (Wildman–Crippen MR) is 79.1 cm³/mol. The molecular formula is C16H26FNO. The van der Waals surface area contributed by atoms with E-state index >= 15 is 0 Å². The molecule has 0 aliphatic rings. The first-order valence-corrected chi connectivity index (χ1v) is 6.76. The molecule has 0 aliphatic heterocycles. The molecule has 2 unspecified atom stereocenters. The van der Waals surface area contributed by atoms with E-state index in [0.29, 0.717) is 11.1 Å². The van der Waals surface area contributed by atoms with Crippen LogP contribution in [0.2, 0.25) is 0 Å².